The first-order valence-electron chi connectivity index (χ1n) is 35.8. The van der Waals surface area contributed by atoms with Crippen molar-refractivity contribution in [3.05, 3.63) is 12.2 Å². The summed E-state index contributed by atoms with van der Waals surface area (Å²) in [6, 6.07) is -2.40. The Morgan fingerprint density at radius 2 is 0.989 bits per heavy atom. The number of ketones is 1. The fourth-order valence-electron chi connectivity index (χ4n) is 12.2. The summed E-state index contributed by atoms with van der Waals surface area (Å²) in [5.41, 5.74) is 0. The van der Waals surface area contributed by atoms with Crippen LogP contribution in [0, 0.1) is 0 Å². The molecule has 0 aliphatic carbocycles. The lowest BCUT2D eigenvalue weighted by molar-refractivity contribution is -0.290. The summed E-state index contributed by atoms with van der Waals surface area (Å²) in [4.78, 5) is 82.3. The Morgan fingerprint density at radius 3 is 1.52 bits per heavy atom. The van der Waals surface area contributed by atoms with Crippen LogP contribution in [0.3, 0.4) is 0 Å². The summed E-state index contributed by atoms with van der Waals surface area (Å²) in [7, 11) is -6.87. The molecule has 2 rings (SSSR count). The van der Waals surface area contributed by atoms with Crippen molar-refractivity contribution >= 4 is 33.0 Å². The van der Waals surface area contributed by atoms with E-state index in [0.717, 1.165) is 154 Å². The van der Waals surface area contributed by atoms with E-state index in [2.05, 4.69) is 50.5 Å². The van der Waals surface area contributed by atoms with Crippen molar-refractivity contribution in [1.29, 1.82) is 0 Å². The van der Waals surface area contributed by atoms with Crippen molar-refractivity contribution in [3.8, 4) is 0 Å². The molecule has 0 aromatic carbocycles. The summed E-state index contributed by atoms with van der Waals surface area (Å²) in [5, 5.41) is 18.3. The molecule has 20 nitrogen and oxygen atoms in total. The first-order valence-corrected chi connectivity index (χ1v) is 39.1. The summed E-state index contributed by atoms with van der Waals surface area (Å²) >= 11 is 0. The van der Waals surface area contributed by atoms with Gasteiger partial charge in [-0.3, -0.25) is 23.5 Å². The Labute approximate surface area is 544 Å². The molecule has 0 bridgehead atoms. The maximum atomic E-state index is 14.2. The molecule has 90 heavy (non-hydrogen) atoms. The van der Waals surface area contributed by atoms with E-state index in [0.29, 0.717) is 25.7 Å². The van der Waals surface area contributed by atoms with E-state index >= 15 is 0 Å². The average molecular weight is 1330 g/mol. The van der Waals surface area contributed by atoms with Gasteiger partial charge in [-0.15, -0.1) is 0 Å². The third-order valence-electron chi connectivity index (χ3n) is 17.4. The van der Waals surface area contributed by atoms with Crippen molar-refractivity contribution in [2.75, 3.05) is 46.8 Å². The van der Waals surface area contributed by atoms with Gasteiger partial charge in [-0.2, -0.15) is 0 Å². The lowest BCUT2D eigenvalue weighted by atomic mass is 9.90. The minimum atomic E-state index is -5.25. The SMILES string of the molecule is CCCCCC/C=C\CCCCCCCCCC(=O)N[C@H]1[C@H](OC[C@H]2O[C@H](CCP(=O)(O)O)[C@H](NC(=O)CC(=O)CCCCCCCCCCC)[C@@H](OCCCCCCCCCC)[C@@H]2O)O[C@H](COC)[C@@H](OP(=O)(O)O)[C@@H]1OCC[C@@H](CCCCCCC)OC. The molecule has 0 aromatic heterocycles. The Kier molecular flexibility index (Phi) is 50.1. The van der Waals surface area contributed by atoms with E-state index in [4.69, 9.17) is 37.7 Å². The molecule has 0 unspecified atom stereocenters. The van der Waals surface area contributed by atoms with Crippen LogP contribution >= 0.6 is 15.4 Å². The standard InChI is InChI=1S/C68H130N2O18P2/c1-7-11-15-19-22-25-26-27-28-29-30-32-34-38-42-46-60(72)69-63-67(84-50-47-56(82-6)45-41-36-18-14-10-4)65(88-90(78,79)80)59(53-81-5)87-68(63)85-54-58-64(74)66(83-49-43-39-35-24-21-17-13-9-3)62(57(86-58)48-51-89(75,76)77)70-61(73)52-55(71)44-40-37-33-31-23-20-16-12-8-2/h25-26,56-59,62-68,74H,7-24,27-54H2,1-6H3,(H,69,72)(H,70,73)(H2,75,76,77)(H2,78,79,80)/b26-25-/t56-,57-,58-,59-,62+,63-,64-,65-,66-,67-,68-/m1/s1. The summed E-state index contributed by atoms with van der Waals surface area (Å²) in [6.07, 6.45) is 31.2. The molecule has 0 spiro atoms. The summed E-state index contributed by atoms with van der Waals surface area (Å²) in [6.45, 7) is 8.25. The predicted octanol–water partition coefficient (Wildman–Crippen LogP) is 14.1. The molecule has 2 saturated heterocycles. The minimum absolute atomic E-state index is 0.0365. The molecule has 2 heterocycles. The number of methoxy groups -OCH3 is 2. The Bertz CT molecular complexity index is 1910. The van der Waals surface area contributed by atoms with Crippen LogP contribution in [0.15, 0.2) is 12.2 Å². The van der Waals surface area contributed by atoms with Gasteiger partial charge in [0.25, 0.3) is 0 Å². The largest absolute Gasteiger partial charge is 0.470 e. The minimum Gasteiger partial charge on any atom is -0.388 e. The number of phosphoric ester groups is 1. The molecule has 2 amide bonds. The number of nitrogens with one attached hydrogen (secondary N) is 2. The molecule has 0 saturated carbocycles. The monoisotopic (exact) mass is 1320 g/mol. The lowest BCUT2D eigenvalue weighted by Crippen LogP contribution is -2.67. The molecule has 2 aliphatic heterocycles. The van der Waals surface area contributed by atoms with E-state index in [1.54, 1.807) is 7.11 Å². The van der Waals surface area contributed by atoms with Gasteiger partial charge in [-0.25, -0.2) is 4.57 Å². The van der Waals surface area contributed by atoms with Gasteiger partial charge < -0.3 is 68.5 Å². The molecular formula is C68H130N2O18P2. The third kappa shape index (κ3) is 41.3. The molecular weight excluding hydrogens is 1190 g/mol. The van der Waals surface area contributed by atoms with Gasteiger partial charge in [-0.1, -0.05) is 220 Å². The zero-order valence-corrected chi connectivity index (χ0v) is 58.8. The molecule has 7 N–H and O–H groups in total. The maximum Gasteiger partial charge on any atom is 0.470 e. The van der Waals surface area contributed by atoms with Crippen LogP contribution < -0.4 is 10.6 Å². The fraction of sp³-hybridized carbons (Fsp3) is 0.926. The first kappa shape index (κ1) is 84.4. The number of hydrogen-bond acceptors (Lipinski definition) is 14. The number of carbonyl (C=O) groups excluding carboxylic acids is 3. The molecule has 2 aliphatic rings. The van der Waals surface area contributed by atoms with E-state index < -0.39 is 102 Å². The van der Waals surface area contributed by atoms with Gasteiger partial charge >= 0.3 is 15.4 Å². The number of amides is 2. The zero-order valence-electron chi connectivity index (χ0n) is 57.0. The van der Waals surface area contributed by atoms with Gasteiger partial charge in [-0.05, 0) is 64.2 Å². The molecule has 2 fully saturated rings. The van der Waals surface area contributed by atoms with Crippen molar-refractivity contribution < 1.29 is 85.9 Å². The number of carbonyl (C=O) groups is 3. The van der Waals surface area contributed by atoms with Crippen molar-refractivity contribution in [3.63, 3.8) is 0 Å². The number of rotatable bonds is 60. The van der Waals surface area contributed by atoms with Crippen LogP contribution in [0.1, 0.15) is 291 Å². The van der Waals surface area contributed by atoms with Gasteiger partial charge in [0.2, 0.25) is 11.8 Å². The number of hydrogen-bond donors (Lipinski definition) is 7. The van der Waals surface area contributed by atoms with E-state index in [1.165, 1.54) is 64.9 Å². The molecule has 0 radical (unpaired) electrons. The topological polar surface area (TPSA) is 284 Å². The van der Waals surface area contributed by atoms with Crippen molar-refractivity contribution in [2.45, 2.75) is 358 Å². The number of allylic oxidation sites excluding steroid dienone is 2. The molecule has 0 aromatic rings. The number of phosphoric acid groups is 1. The van der Waals surface area contributed by atoms with Crippen LogP contribution in [0.2, 0.25) is 0 Å². The Balaban J connectivity index is 2.47. The second-order valence-corrected chi connectivity index (χ2v) is 28.6. The molecule has 530 valence electrons. The normalized spacial score (nSPS) is 22.7. The van der Waals surface area contributed by atoms with Crippen LogP contribution in [0.4, 0.5) is 0 Å². The first-order chi connectivity index (χ1) is 43.4. The smallest absolute Gasteiger partial charge is 0.388 e. The lowest BCUT2D eigenvalue weighted by Gasteiger charge is -2.48. The van der Waals surface area contributed by atoms with Crippen molar-refractivity contribution in [1.82, 2.24) is 10.6 Å². The van der Waals surface area contributed by atoms with Crippen LogP contribution in [-0.2, 0) is 61.2 Å². The van der Waals surface area contributed by atoms with Crippen LogP contribution in [0.5, 0.6) is 0 Å². The Hall–Kier alpha value is -1.71. The second kappa shape index (κ2) is 53.4. The Morgan fingerprint density at radius 1 is 0.500 bits per heavy atom. The maximum absolute atomic E-state index is 14.2. The third-order valence-corrected chi connectivity index (χ3v) is 18.8. The molecule has 11 atom stereocenters. The predicted molar refractivity (Wildman–Crippen MR) is 355 cm³/mol. The highest BCUT2D eigenvalue weighted by Crippen LogP contribution is 2.43. The summed E-state index contributed by atoms with van der Waals surface area (Å²) < 4.78 is 74.8. The van der Waals surface area contributed by atoms with E-state index in [9.17, 15) is 48.2 Å². The quantitative estimate of drug-likeness (QED) is 0.0129. The van der Waals surface area contributed by atoms with Crippen molar-refractivity contribution in [2.24, 2.45) is 0 Å². The van der Waals surface area contributed by atoms with Gasteiger partial charge in [0.05, 0.1) is 44.0 Å². The zero-order chi connectivity index (χ0) is 66.1. The fourth-order valence-corrected chi connectivity index (χ4v) is 13.3. The van der Waals surface area contributed by atoms with E-state index in [-0.39, 0.29) is 56.9 Å². The number of Topliss-reactive ketones (excluding diaryl/α,β-unsaturated/α-hetero) is 1. The number of aliphatic hydroxyl groups excluding tert-OH is 1. The van der Waals surface area contributed by atoms with Crippen LogP contribution in [-0.4, -0.2) is 156 Å². The van der Waals surface area contributed by atoms with Crippen LogP contribution in [0.25, 0.3) is 0 Å². The molecule has 22 heteroatoms. The number of unbranched alkanes of at least 4 members (excludes halogenated alkanes) is 30. The highest BCUT2D eigenvalue weighted by atomic mass is 31.2. The highest BCUT2D eigenvalue weighted by Gasteiger charge is 2.52. The van der Waals surface area contributed by atoms with Gasteiger partial charge in [0.15, 0.2) is 6.29 Å². The van der Waals surface area contributed by atoms with Gasteiger partial charge in [0, 0.05) is 40.3 Å². The summed E-state index contributed by atoms with van der Waals surface area (Å²) in [5.74, 6) is -1.26. The van der Waals surface area contributed by atoms with Gasteiger partial charge in [0.1, 0.15) is 48.4 Å². The number of aliphatic hydroxyl groups is 1. The van der Waals surface area contributed by atoms with E-state index in [1.807, 2.05) is 0 Å². The number of ether oxygens (including phenoxy) is 7. The highest BCUT2D eigenvalue weighted by molar-refractivity contribution is 7.51. The second-order valence-electron chi connectivity index (χ2n) is 25.6. The average Bonchev–Trinajstić information content (AvgIpc) is 0.810.